The summed E-state index contributed by atoms with van der Waals surface area (Å²) in [6.07, 6.45) is 0.117. The number of rotatable bonds is 6. The summed E-state index contributed by atoms with van der Waals surface area (Å²) in [5, 5.41) is 9.80. The molecule has 0 aromatic heterocycles. The van der Waals surface area contributed by atoms with Gasteiger partial charge in [-0.3, -0.25) is 9.59 Å². The van der Waals surface area contributed by atoms with Crippen molar-refractivity contribution >= 4 is 37.1 Å². The fourth-order valence-electron chi connectivity index (χ4n) is 0.842. The Morgan fingerprint density at radius 3 is 2.20 bits per heavy atom. The van der Waals surface area contributed by atoms with Gasteiger partial charge in [0.1, 0.15) is 5.25 Å². The van der Waals surface area contributed by atoms with E-state index in [1.54, 1.807) is 0 Å². The van der Waals surface area contributed by atoms with E-state index in [0.29, 0.717) is 12.5 Å². The third-order valence-corrected chi connectivity index (χ3v) is 2.60. The van der Waals surface area contributed by atoms with Gasteiger partial charge in [-0.15, -0.1) is 0 Å². The summed E-state index contributed by atoms with van der Waals surface area (Å²) in [6, 6.07) is 0. The lowest BCUT2D eigenvalue weighted by atomic mass is 10.2. The monoisotopic (exact) mass is 251 g/mol. The number of aliphatic carboxylic acids is 1. The van der Waals surface area contributed by atoms with Crippen LogP contribution in [0.25, 0.3) is 0 Å². The standard InChI is InChI=1S/C9H17NO3S2/c1-5(2)4-10-8(11)6(14)3-7(15)9(12)13/h5-7,14-15H,3-4H2,1-2H3,(H,10,11)(H,12,13). The molecule has 6 heteroatoms. The van der Waals surface area contributed by atoms with Crippen molar-refractivity contribution in [1.82, 2.24) is 5.32 Å². The van der Waals surface area contributed by atoms with Crippen molar-refractivity contribution in [3.8, 4) is 0 Å². The highest BCUT2D eigenvalue weighted by atomic mass is 32.1. The van der Waals surface area contributed by atoms with E-state index >= 15 is 0 Å². The molecule has 0 saturated carbocycles. The van der Waals surface area contributed by atoms with Gasteiger partial charge in [-0.05, 0) is 12.3 Å². The van der Waals surface area contributed by atoms with E-state index in [1.807, 2.05) is 13.8 Å². The van der Waals surface area contributed by atoms with Gasteiger partial charge in [0.05, 0.1) is 5.25 Å². The molecule has 0 aliphatic carbocycles. The van der Waals surface area contributed by atoms with Crippen LogP contribution in [0.1, 0.15) is 20.3 Å². The van der Waals surface area contributed by atoms with Crippen LogP contribution in [-0.2, 0) is 9.59 Å². The highest BCUT2D eigenvalue weighted by Gasteiger charge is 2.21. The van der Waals surface area contributed by atoms with E-state index < -0.39 is 16.5 Å². The van der Waals surface area contributed by atoms with Crippen LogP contribution in [0.4, 0.5) is 0 Å². The lowest BCUT2D eigenvalue weighted by molar-refractivity contribution is -0.136. The Balaban J connectivity index is 3.93. The Hall–Kier alpha value is -0.360. The van der Waals surface area contributed by atoms with Gasteiger partial charge in [0.2, 0.25) is 5.91 Å². The lowest BCUT2D eigenvalue weighted by Crippen LogP contribution is -2.36. The number of hydrogen-bond acceptors (Lipinski definition) is 4. The van der Waals surface area contributed by atoms with Crippen molar-refractivity contribution in [2.24, 2.45) is 5.92 Å². The summed E-state index contributed by atoms with van der Waals surface area (Å²) < 4.78 is 0. The molecule has 0 aliphatic rings. The molecule has 0 aromatic carbocycles. The smallest absolute Gasteiger partial charge is 0.316 e. The summed E-state index contributed by atoms with van der Waals surface area (Å²) in [5.41, 5.74) is 0. The first-order chi connectivity index (χ1) is 6.84. The molecule has 2 N–H and O–H groups in total. The van der Waals surface area contributed by atoms with Gasteiger partial charge in [0.25, 0.3) is 0 Å². The molecule has 4 nitrogen and oxygen atoms in total. The van der Waals surface area contributed by atoms with Crippen LogP contribution in [0.5, 0.6) is 0 Å². The minimum Gasteiger partial charge on any atom is -0.480 e. The Kier molecular flexibility index (Phi) is 6.84. The lowest BCUT2D eigenvalue weighted by Gasteiger charge is -2.14. The van der Waals surface area contributed by atoms with E-state index in [0.717, 1.165) is 0 Å². The quantitative estimate of drug-likeness (QED) is 0.529. The Labute approximate surface area is 101 Å². The van der Waals surface area contributed by atoms with Gasteiger partial charge in [-0.1, -0.05) is 13.8 Å². The zero-order chi connectivity index (χ0) is 12.0. The van der Waals surface area contributed by atoms with Crippen LogP contribution in [0.15, 0.2) is 0 Å². The van der Waals surface area contributed by atoms with Gasteiger partial charge >= 0.3 is 5.97 Å². The molecular weight excluding hydrogens is 234 g/mol. The topological polar surface area (TPSA) is 66.4 Å². The van der Waals surface area contributed by atoms with Crippen LogP contribution >= 0.6 is 25.3 Å². The SMILES string of the molecule is CC(C)CNC(=O)C(S)CC(S)C(=O)O. The van der Waals surface area contributed by atoms with Crippen LogP contribution < -0.4 is 5.32 Å². The first kappa shape index (κ1) is 14.6. The molecule has 15 heavy (non-hydrogen) atoms. The van der Waals surface area contributed by atoms with Gasteiger partial charge < -0.3 is 10.4 Å². The fourth-order valence-corrected chi connectivity index (χ4v) is 1.52. The summed E-state index contributed by atoms with van der Waals surface area (Å²) in [4.78, 5) is 21.9. The molecule has 1 amide bonds. The molecule has 0 bridgehead atoms. The molecule has 0 saturated heterocycles. The van der Waals surface area contributed by atoms with E-state index in [4.69, 9.17) is 5.11 Å². The largest absolute Gasteiger partial charge is 0.480 e. The number of carbonyl (C=O) groups excluding carboxylic acids is 1. The molecule has 2 atom stereocenters. The van der Waals surface area contributed by atoms with Crippen LogP contribution in [0, 0.1) is 5.92 Å². The van der Waals surface area contributed by atoms with Crippen molar-refractivity contribution in [2.45, 2.75) is 30.8 Å². The second kappa shape index (κ2) is 7.00. The molecule has 0 rings (SSSR count). The van der Waals surface area contributed by atoms with Gasteiger partial charge in [-0.2, -0.15) is 25.3 Å². The van der Waals surface area contributed by atoms with Crippen molar-refractivity contribution < 1.29 is 14.7 Å². The van der Waals surface area contributed by atoms with Crippen molar-refractivity contribution in [2.75, 3.05) is 6.54 Å². The van der Waals surface area contributed by atoms with Crippen LogP contribution in [0.3, 0.4) is 0 Å². The normalized spacial score (nSPS) is 14.7. The second-order valence-corrected chi connectivity index (χ2v) is 4.99. The number of nitrogens with one attached hydrogen (secondary N) is 1. The number of hydrogen-bond donors (Lipinski definition) is 4. The number of thiol groups is 2. The molecule has 0 fully saturated rings. The van der Waals surface area contributed by atoms with Crippen LogP contribution in [0.2, 0.25) is 0 Å². The maximum absolute atomic E-state index is 11.4. The molecule has 88 valence electrons. The maximum atomic E-state index is 11.4. The third-order valence-electron chi connectivity index (χ3n) is 1.72. The zero-order valence-electron chi connectivity index (χ0n) is 8.80. The van der Waals surface area contributed by atoms with E-state index in [1.165, 1.54) is 0 Å². The molecular formula is C9H17NO3S2. The Morgan fingerprint density at radius 1 is 1.27 bits per heavy atom. The fraction of sp³-hybridized carbons (Fsp3) is 0.778. The second-order valence-electron chi connectivity index (χ2n) is 3.74. The maximum Gasteiger partial charge on any atom is 0.316 e. The number of carboxylic acid groups (broad SMARTS) is 1. The minimum absolute atomic E-state index is 0.117. The van der Waals surface area contributed by atoms with Crippen LogP contribution in [-0.4, -0.2) is 34.0 Å². The zero-order valence-corrected chi connectivity index (χ0v) is 10.6. The molecule has 0 radical (unpaired) electrons. The molecule has 0 aromatic rings. The minimum atomic E-state index is -1.03. The number of carboxylic acids is 1. The van der Waals surface area contributed by atoms with Gasteiger partial charge in [0.15, 0.2) is 0 Å². The predicted molar refractivity (Wildman–Crippen MR) is 65.6 cm³/mol. The summed E-state index contributed by atoms with van der Waals surface area (Å²) in [7, 11) is 0. The molecule has 0 heterocycles. The summed E-state index contributed by atoms with van der Waals surface area (Å²) in [6.45, 7) is 4.53. The molecule has 2 unspecified atom stereocenters. The van der Waals surface area contributed by atoms with Gasteiger partial charge in [-0.25, -0.2) is 0 Å². The molecule has 0 aliphatic heterocycles. The van der Waals surface area contributed by atoms with Crippen molar-refractivity contribution in [3.63, 3.8) is 0 Å². The van der Waals surface area contributed by atoms with Gasteiger partial charge in [0, 0.05) is 6.54 Å². The van der Waals surface area contributed by atoms with E-state index in [2.05, 4.69) is 30.6 Å². The average Bonchev–Trinajstić information content (AvgIpc) is 2.13. The first-order valence-corrected chi connectivity index (χ1v) is 5.74. The summed E-state index contributed by atoms with van der Waals surface area (Å²) in [5.74, 6) is -0.915. The molecule has 0 spiro atoms. The first-order valence-electron chi connectivity index (χ1n) is 4.71. The van der Waals surface area contributed by atoms with E-state index in [-0.39, 0.29) is 12.3 Å². The van der Waals surface area contributed by atoms with Crippen molar-refractivity contribution in [3.05, 3.63) is 0 Å². The average molecular weight is 251 g/mol. The number of carbonyl (C=O) groups is 2. The Morgan fingerprint density at radius 2 is 1.80 bits per heavy atom. The van der Waals surface area contributed by atoms with E-state index in [9.17, 15) is 9.59 Å². The number of amides is 1. The third kappa shape index (κ3) is 6.67. The highest BCUT2D eigenvalue weighted by Crippen LogP contribution is 2.10. The summed E-state index contributed by atoms with van der Waals surface area (Å²) >= 11 is 7.88. The Bertz CT molecular complexity index is 233. The van der Waals surface area contributed by atoms with Crippen molar-refractivity contribution in [1.29, 1.82) is 0 Å². The predicted octanol–water partition coefficient (Wildman–Crippen LogP) is 0.830. The highest BCUT2D eigenvalue weighted by molar-refractivity contribution is 7.82.